The van der Waals surface area contributed by atoms with Gasteiger partial charge in [-0.15, -0.1) is 11.3 Å². The highest BCUT2D eigenvalue weighted by molar-refractivity contribution is 7.33. The smallest absolute Gasteiger partial charge is 0.264 e. The van der Waals surface area contributed by atoms with E-state index in [1.165, 1.54) is 117 Å². The SMILES string of the molecule is CC(C)(C)c1cccc(N2c3ccc(C(C)(C)C)cc3B3c4sc5cc6c(cc5c4N(c4ccc5c(c4)C(C)(C)CCC5(C)C)c4cc(N(c5ccccc5)c5ccc(C(C)(C)c7ccccc7)cc5)cc2c43)C(C)(C)CCC6(C)C)c1. The molecular weight excluding hydrogens is 1010 g/mol. The fourth-order valence-corrected chi connectivity index (χ4v) is 15.9. The van der Waals surface area contributed by atoms with Crippen LogP contribution in [0.4, 0.5) is 51.2 Å². The van der Waals surface area contributed by atoms with Gasteiger partial charge in [0.15, 0.2) is 0 Å². The quantitative estimate of drug-likeness (QED) is 0.147. The molecule has 3 heterocycles. The van der Waals surface area contributed by atoms with Crippen LogP contribution in [0.2, 0.25) is 0 Å². The first-order valence-electron chi connectivity index (χ1n) is 30.5. The Balaban J connectivity index is 1.17. The number of nitrogens with zero attached hydrogens (tertiary/aromatic N) is 3. The van der Waals surface area contributed by atoms with E-state index in [1.807, 2.05) is 0 Å². The Morgan fingerprint density at radius 3 is 1.54 bits per heavy atom. The fourth-order valence-electron chi connectivity index (χ4n) is 14.6. The number of thiophene rings is 1. The summed E-state index contributed by atoms with van der Waals surface area (Å²) < 4.78 is 2.81. The molecule has 0 amide bonds. The van der Waals surface area contributed by atoms with Crippen LogP contribution in [0.25, 0.3) is 10.1 Å². The van der Waals surface area contributed by atoms with E-state index in [2.05, 4.69) is 307 Å². The van der Waals surface area contributed by atoms with Gasteiger partial charge < -0.3 is 14.7 Å². The van der Waals surface area contributed by atoms with E-state index >= 15 is 0 Å². The summed E-state index contributed by atoms with van der Waals surface area (Å²) in [4.78, 5) is 7.92. The molecule has 0 spiro atoms. The number of hydrogen-bond donors (Lipinski definition) is 0. The lowest BCUT2D eigenvalue weighted by Gasteiger charge is -2.46. The van der Waals surface area contributed by atoms with Gasteiger partial charge in [-0.05, 0) is 192 Å². The zero-order chi connectivity index (χ0) is 57.8. The van der Waals surface area contributed by atoms with E-state index < -0.39 is 0 Å². The highest BCUT2D eigenvalue weighted by atomic mass is 32.1. The molecule has 4 aliphatic rings. The average Bonchev–Trinajstić information content (AvgIpc) is 3.85. The van der Waals surface area contributed by atoms with Gasteiger partial charge in [-0.3, -0.25) is 0 Å². The maximum atomic E-state index is 2.76. The number of rotatable bonds is 7. The Kier molecular flexibility index (Phi) is 12.3. The number of anilines is 9. The highest BCUT2D eigenvalue weighted by Gasteiger charge is 2.48. The van der Waals surface area contributed by atoms with Crippen LogP contribution < -0.4 is 30.4 Å². The predicted molar refractivity (Wildman–Crippen MR) is 357 cm³/mol. The summed E-state index contributed by atoms with van der Waals surface area (Å²) in [5, 5.41) is 1.37. The molecule has 0 saturated heterocycles. The van der Waals surface area contributed by atoms with Crippen LogP contribution in [0.1, 0.15) is 181 Å². The minimum Gasteiger partial charge on any atom is -0.311 e. The lowest BCUT2D eigenvalue weighted by Crippen LogP contribution is -2.60. The van der Waals surface area contributed by atoms with Gasteiger partial charge in [-0.1, -0.05) is 202 Å². The summed E-state index contributed by atoms with van der Waals surface area (Å²) >= 11 is 2.05. The van der Waals surface area contributed by atoms with E-state index in [1.54, 1.807) is 0 Å². The Labute approximate surface area is 495 Å². The molecule has 0 radical (unpaired) electrons. The van der Waals surface area contributed by atoms with Crippen molar-refractivity contribution in [1.29, 1.82) is 0 Å². The van der Waals surface area contributed by atoms with Crippen LogP contribution in [0.5, 0.6) is 0 Å². The molecular formula is C77H84BN3S. The summed E-state index contributed by atoms with van der Waals surface area (Å²) in [7, 11) is 0. The van der Waals surface area contributed by atoms with Crippen LogP contribution in [0.3, 0.4) is 0 Å². The van der Waals surface area contributed by atoms with Crippen LogP contribution in [0, 0.1) is 0 Å². The van der Waals surface area contributed by atoms with E-state index in [0.717, 1.165) is 29.9 Å². The lowest BCUT2D eigenvalue weighted by atomic mass is 9.36. The first-order chi connectivity index (χ1) is 38.6. The number of hydrogen-bond acceptors (Lipinski definition) is 4. The molecule has 8 aromatic carbocycles. The van der Waals surface area contributed by atoms with Crippen LogP contribution in [-0.2, 0) is 37.9 Å². The van der Waals surface area contributed by atoms with E-state index in [4.69, 9.17) is 0 Å². The maximum absolute atomic E-state index is 2.76. The predicted octanol–water partition coefficient (Wildman–Crippen LogP) is 20.1. The van der Waals surface area contributed by atoms with Gasteiger partial charge >= 0.3 is 0 Å². The molecule has 0 atom stereocenters. The molecule has 0 unspecified atom stereocenters. The monoisotopic (exact) mass is 1090 g/mol. The van der Waals surface area contributed by atoms with Crippen molar-refractivity contribution in [1.82, 2.24) is 0 Å². The van der Waals surface area contributed by atoms with Crippen molar-refractivity contribution < 1.29 is 0 Å². The van der Waals surface area contributed by atoms with Gasteiger partial charge in [0, 0.05) is 60.1 Å². The van der Waals surface area contributed by atoms with Crippen LogP contribution in [-0.4, -0.2) is 6.71 Å². The Bertz CT molecular complexity index is 3990. The number of fused-ring (bicyclic) bond motifs is 8. The molecule has 2 aliphatic heterocycles. The van der Waals surface area contributed by atoms with Gasteiger partial charge in [0.2, 0.25) is 0 Å². The second-order valence-electron chi connectivity index (χ2n) is 30.0. The lowest BCUT2D eigenvalue weighted by molar-refractivity contribution is 0.332. The standard InChI is InChI=1S/C77H84BN3S/c1-71(2,3)51-26-23-29-55(42-51)80-64-37-32-52(72(4,5)6)43-63(64)78-68-65(80)45-57(79(53-27-21-18-22-28-53)54-33-30-50(31-34-54)77(15,16)49-24-19-17-20-25-49)46-66(68)81(56-35-36-59-60(44-56)74(9,10)39-38-73(59,7)8)69-58-47-61-62(48-67(58)82-70(69)78)76(13,14)41-40-75(61,11)12/h17-37,42-48H,38-41H2,1-16H3. The second kappa shape index (κ2) is 18.6. The summed E-state index contributed by atoms with van der Waals surface area (Å²) in [5.41, 5.74) is 24.7. The third kappa shape index (κ3) is 8.71. The van der Waals surface area contributed by atoms with Crippen molar-refractivity contribution in [3.8, 4) is 0 Å². The molecule has 0 bridgehead atoms. The van der Waals surface area contributed by atoms with Crippen molar-refractivity contribution >= 4 is 95.0 Å². The van der Waals surface area contributed by atoms with Crippen molar-refractivity contribution in [2.75, 3.05) is 14.7 Å². The topological polar surface area (TPSA) is 9.72 Å². The Hall–Kier alpha value is -6.82. The largest absolute Gasteiger partial charge is 0.311 e. The number of benzene rings is 8. The zero-order valence-electron chi connectivity index (χ0n) is 51.8. The van der Waals surface area contributed by atoms with Gasteiger partial charge in [0.1, 0.15) is 0 Å². The summed E-state index contributed by atoms with van der Waals surface area (Å²) in [6.45, 7) is 38.7. The van der Waals surface area contributed by atoms with Crippen molar-refractivity contribution in [3.63, 3.8) is 0 Å². The van der Waals surface area contributed by atoms with Gasteiger partial charge in [-0.25, -0.2) is 0 Å². The Morgan fingerprint density at radius 2 is 0.915 bits per heavy atom. The van der Waals surface area contributed by atoms with Crippen molar-refractivity contribution in [2.24, 2.45) is 0 Å². The third-order valence-electron chi connectivity index (χ3n) is 20.2. The molecule has 9 aromatic rings. The molecule has 416 valence electrons. The average molecular weight is 1090 g/mol. The van der Waals surface area contributed by atoms with Crippen molar-refractivity contribution in [2.45, 2.75) is 174 Å². The molecule has 3 nitrogen and oxygen atoms in total. The maximum Gasteiger partial charge on any atom is 0.264 e. The molecule has 2 aliphatic carbocycles. The molecule has 82 heavy (non-hydrogen) atoms. The number of para-hydroxylation sites is 1. The van der Waals surface area contributed by atoms with E-state index in [0.29, 0.717) is 0 Å². The van der Waals surface area contributed by atoms with Crippen molar-refractivity contribution in [3.05, 3.63) is 214 Å². The van der Waals surface area contributed by atoms with Crippen LogP contribution >= 0.6 is 11.3 Å². The summed E-state index contributed by atoms with van der Waals surface area (Å²) in [6, 6.07) is 66.4. The van der Waals surface area contributed by atoms with E-state index in [9.17, 15) is 0 Å². The fraction of sp³-hybridized carbons (Fsp3) is 0.351. The summed E-state index contributed by atoms with van der Waals surface area (Å²) in [6.07, 6.45) is 4.66. The Morgan fingerprint density at radius 1 is 0.415 bits per heavy atom. The van der Waals surface area contributed by atoms with Gasteiger partial charge in [0.25, 0.3) is 6.71 Å². The molecule has 13 rings (SSSR count). The van der Waals surface area contributed by atoms with E-state index in [-0.39, 0.29) is 44.6 Å². The van der Waals surface area contributed by atoms with Gasteiger partial charge in [-0.2, -0.15) is 0 Å². The molecule has 1 aromatic heterocycles. The molecule has 0 fully saturated rings. The molecule has 0 N–H and O–H groups in total. The normalized spacial score (nSPS) is 17.4. The summed E-state index contributed by atoms with van der Waals surface area (Å²) in [5.74, 6) is 0. The van der Waals surface area contributed by atoms with Crippen LogP contribution in [0.15, 0.2) is 170 Å². The third-order valence-corrected chi connectivity index (χ3v) is 21.4. The minimum atomic E-state index is -0.185. The van der Waals surface area contributed by atoms with Gasteiger partial charge in [0.05, 0.1) is 11.4 Å². The second-order valence-corrected chi connectivity index (χ2v) is 31.1. The first kappa shape index (κ1) is 54.4. The first-order valence-corrected chi connectivity index (χ1v) is 31.3. The zero-order valence-corrected chi connectivity index (χ0v) is 52.6. The highest BCUT2D eigenvalue weighted by Crippen LogP contribution is 2.56. The molecule has 0 saturated carbocycles. The minimum absolute atomic E-state index is 0.0111. The molecule has 5 heteroatoms.